The Labute approximate surface area is 187 Å². The van der Waals surface area contributed by atoms with Gasteiger partial charge in [-0.25, -0.2) is 13.1 Å². The molecule has 0 amide bonds. The Morgan fingerprint density at radius 2 is 2.03 bits per heavy atom. The SMILES string of the molecule is Cc1ccc(S(=O)(=O)N[C@H]2CC[C@H](CCn3cc(-c4cccnc4)nn3)O[C@@H]2CO)cc1. The first-order valence-corrected chi connectivity index (χ1v) is 12.1. The largest absolute Gasteiger partial charge is 0.394 e. The first-order chi connectivity index (χ1) is 15.4. The molecule has 1 aromatic carbocycles. The minimum Gasteiger partial charge on any atom is -0.394 e. The summed E-state index contributed by atoms with van der Waals surface area (Å²) < 4.78 is 35.9. The molecular formula is C22H27N5O4S. The number of sulfonamides is 1. The lowest BCUT2D eigenvalue weighted by molar-refractivity contribution is -0.0891. The molecule has 2 aromatic heterocycles. The summed E-state index contributed by atoms with van der Waals surface area (Å²) in [4.78, 5) is 4.30. The third-order valence-electron chi connectivity index (χ3n) is 5.61. The van der Waals surface area contributed by atoms with Crippen molar-refractivity contribution in [2.24, 2.45) is 0 Å². The molecule has 2 N–H and O–H groups in total. The van der Waals surface area contributed by atoms with Crippen molar-refractivity contribution in [2.45, 2.75) is 55.9 Å². The molecule has 0 bridgehead atoms. The number of aliphatic hydroxyl groups excluding tert-OH is 1. The van der Waals surface area contributed by atoms with Gasteiger partial charge in [-0.1, -0.05) is 22.9 Å². The molecule has 0 aliphatic carbocycles. The molecular weight excluding hydrogens is 430 g/mol. The molecule has 170 valence electrons. The number of aliphatic hydroxyl groups is 1. The lowest BCUT2D eigenvalue weighted by Gasteiger charge is -2.36. The van der Waals surface area contributed by atoms with E-state index in [1.54, 1.807) is 41.3 Å². The number of aromatic nitrogens is 4. The molecule has 0 spiro atoms. The molecule has 0 unspecified atom stereocenters. The summed E-state index contributed by atoms with van der Waals surface area (Å²) in [6.07, 6.45) is 6.56. The summed E-state index contributed by atoms with van der Waals surface area (Å²) >= 11 is 0. The Morgan fingerprint density at radius 1 is 1.22 bits per heavy atom. The van der Waals surface area contributed by atoms with Crippen molar-refractivity contribution in [3.05, 3.63) is 60.6 Å². The number of nitrogens with zero attached hydrogens (tertiary/aromatic N) is 4. The van der Waals surface area contributed by atoms with Crippen LogP contribution in [0.15, 0.2) is 59.9 Å². The second-order valence-corrected chi connectivity index (χ2v) is 9.71. The standard InChI is InChI=1S/C22H27N5O4S/c1-16-4-7-19(8-5-16)32(29,30)25-20-9-6-18(31-22(20)15-28)10-12-27-14-21(24-26-27)17-3-2-11-23-13-17/h2-5,7-8,11,13-14,18,20,22,25,28H,6,9-10,12,15H2,1H3/t18-,20+,22-/m1/s1. The fourth-order valence-electron chi connectivity index (χ4n) is 3.79. The average molecular weight is 458 g/mol. The maximum absolute atomic E-state index is 12.7. The number of rotatable bonds is 8. The molecule has 4 rings (SSSR count). The number of ether oxygens (including phenoxy) is 1. The highest BCUT2D eigenvalue weighted by atomic mass is 32.2. The minimum absolute atomic E-state index is 0.0988. The van der Waals surface area contributed by atoms with E-state index in [-0.39, 0.29) is 17.6 Å². The molecule has 1 aliphatic heterocycles. The quantitative estimate of drug-likeness (QED) is 0.530. The van der Waals surface area contributed by atoms with Crippen LogP contribution in [0.1, 0.15) is 24.8 Å². The van der Waals surface area contributed by atoms with Crippen molar-refractivity contribution in [2.75, 3.05) is 6.61 Å². The molecule has 10 heteroatoms. The van der Waals surface area contributed by atoms with Crippen LogP contribution in [0.5, 0.6) is 0 Å². The van der Waals surface area contributed by atoms with Gasteiger partial charge in [-0.3, -0.25) is 9.67 Å². The van der Waals surface area contributed by atoms with Crippen molar-refractivity contribution in [3.63, 3.8) is 0 Å². The summed E-state index contributed by atoms with van der Waals surface area (Å²) in [7, 11) is -3.68. The van der Waals surface area contributed by atoms with Crippen LogP contribution in [0.3, 0.4) is 0 Å². The molecule has 1 fully saturated rings. The Bertz CT molecular complexity index is 1120. The number of hydrogen-bond acceptors (Lipinski definition) is 7. The Balaban J connectivity index is 1.33. The van der Waals surface area contributed by atoms with Crippen LogP contribution in [0.25, 0.3) is 11.3 Å². The zero-order valence-electron chi connectivity index (χ0n) is 17.8. The van der Waals surface area contributed by atoms with E-state index in [1.165, 1.54) is 0 Å². The summed E-state index contributed by atoms with van der Waals surface area (Å²) in [6, 6.07) is 9.97. The molecule has 32 heavy (non-hydrogen) atoms. The molecule has 0 radical (unpaired) electrons. The van der Waals surface area contributed by atoms with Crippen LogP contribution in [-0.4, -0.2) is 58.4 Å². The summed E-state index contributed by atoms with van der Waals surface area (Å²) in [5.74, 6) is 0. The molecule has 0 saturated carbocycles. The number of pyridine rings is 1. The highest BCUT2D eigenvalue weighted by Crippen LogP contribution is 2.24. The third kappa shape index (κ3) is 5.39. The van der Waals surface area contributed by atoms with E-state index in [0.29, 0.717) is 25.8 Å². The van der Waals surface area contributed by atoms with E-state index in [0.717, 1.165) is 16.8 Å². The number of benzene rings is 1. The van der Waals surface area contributed by atoms with Gasteiger partial charge in [0.05, 0.1) is 35.9 Å². The summed E-state index contributed by atoms with van der Waals surface area (Å²) in [6.45, 7) is 2.25. The lowest BCUT2D eigenvalue weighted by Crippen LogP contribution is -2.50. The van der Waals surface area contributed by atoms with Crippen LogP contribution in [0.4, 0.5) is 0 Å². The maximum Gasteiger partial charge on any atom is 0.240 e. The highest BCUT2D eigenvalue weighted by molar-refractivity contribution is 7.89. The first kappa shape index (κ1) is 22.5. The van der Waals surface area contributed by atoms with E-state index in [4.69, 9.17) is 4.74 Å². The average Bonchev–Trinajstić information content (AvgIpc) is 3.28. The molecule has 1 aliphatic rings. The predicted octanol–water partition coefficient (Wildman–Crippen LogP) is 1.93. The van der Waals surface area contributed by atoms with Gasteiger partial charge < -0.3 is 9.84 Å². The van der Waals surface area contributed by atoms with Crippen LogP contribution >= 0.6 is 0 Å². The molecule has 3 heterocycles. The zero-order valence-corrected chi connectivity index (χ0v) is 18.6. The van der Waals surface area contributed by atoms with E-state index >= 15 is 0 Å². The Kier molecular flexibility index (Phi) is 6.95. The van der Waals surface area contributed by atoms with Crippen LogP contribution in [-0.2, 0) is 21.3 Å². The van der Waals surface area contributed by atoms with Gasteiger partial charge >= 0.3 is 0 Å². The van der Waals surface area contributed by atoms with Crippen LogP contribution < -0.4 is 4.72 Å². The topological polar surface area (TPSA) is 119 Å². The summed E-state index contributed by atoms with van der Waals surface area (Å²) in [5, 5.41) is 18.1. The number of hydrogen-bond donors (Lipinski definition) is 2. The van der Waals surface area contributed by atoms with Gasteiger partial charge in [-0.05, 0) is 50.5 Å². The maximum atomic E-state index is 12.7. The third-order valence-corrected chi connectivity index (χ3v) is 7.12. The fraction of sp³-hybridized carbons (Fsp3) is 0.409. The van der Waals surface area contributed by atoms with Gasteiger partial charge in [0, 0.05) is 24.5 Å². The highest BCUT2D eigenvalue weighted by Gasteiger charge is 2.33. The van der Waals surface area contributed by atoms with Crippen LogP contribution in [0, 0.1) is 6.92 Å². The van der Waals surface area contributed by atoms with E-state index in [9.17, 15) is 13.5 Å². The molecule has 3 aromatic rings. The van der Waals surface area contributed by atoms with Gasteiger partial charge in [0.1, 0.15) is 5.69 Å². The van der Waals surface area contributed by atoms with Gasteiger partial charge in [-0.2, -0.15) is 0 Å². The van der Waals surface area contributed by atoms with Gasteiger partial charge in [-0.15, -0.1) is 5.10 Å². The van der Waals surface area contributed by atoms with Crippen molar-refractivity contribution in [3.8, 4) is 11.3 Å². The first-order valence-electron chi connectivity index (χ1n) is 10.6. The lowest BCUT2D eigenvalue weighted by atomic mass is 9.98. The van der Waals surface area contributed by atoms with Crippen LogP contribution in [0.2, 0.25) is 0 Å². The second kappa shape index (κ2) is 9.86. The van der Waals surface area contributed by atoms with E-state index in [1.807, 2.05) is 25.3 Å². The van der Waals surface area contributed by atoms with E-state index in [2.05, 4.69) is 20.0 Å². The minimum atomic E-state index is -3.68. The zero-order chi connectivity index (χ0) is 22.6. The smallest absolute Gasteiger partial charge is 0.240 e. The predicted molar refractivity (Wildman–Crippen MR) is 118 cm³/mol. The molecule has 9 nitrogen and oxygen atoms in total. The van der Waals surface area contributed by atoms with Crippen molar-refractivity contribution >= 4 is 10.0 Å². The van der Waals surface area contributed by atoms with Gasteiger partial charge in [0.25, 0.3) is 0 Å². The van der Waals surface area contributed by atoms with E-state index < -0.39 is 22.2 Å². The van der Waals surface area contributed by atoms with Gasteiger partial charge in [0.2, 0.25) is 10.0 Å². The number of aryl methyl sites for hydroxylation is 2. The monoisotopic (exact) mass is 457 g/mol. The molecule has 3 atom stereocenters. The fourth-order valence-corrected chi connectivity index (χ4v) is 5.09. The second-order valence-electron chi connectivity index (χ2n) is 7.99. The Morgan fingerprint density at radius 3 is 2.75 bits per heavy atom. The van der Waals surface area contributed by atoms with Crippen molar-refractivity contribution in [1.29, 1.82) is 0 Å². The Hall–Kier alpha value is -2.66. The normalized spacial score (nSPS) is 21.5. The molecule has 1 saturated heterocycles. The van der Waals surface area contributed by atoms with Crippen molar-refractivity contribution < 1.29 is 18.3 Å². The number of nitrogens with one attached hydrogen (secondary N) is 1. The van der Waals surface area contributed by atoms with Gasteiger partial charge in [0.15, 0.2) is 0 Å². The summed E-state index contributed by atoms with van der Waals surface area (Å²) in [5.41, 5.74) is 2.64. The van der Waals surface area contributed by atoms with Crippen molar-refractivity contribution in [1.82, 2.24) is 24.7 Å².